The highest BCUT2D eigenvalue weighted by atomic mass is 16.5. The normalized spacial score (nSPS) is 10.2. The minimum atomic E-state index is -0.530. The number of aromatic nitrogens is 2. The number of carbonyl (C=O) groups is 2. The first kappa shape index (κ1) is 19.0. The van der Waals surface area contributed by atoms with Crippen molar-refractivity contribution in [1.29, 1.82) is 0 Å². The van der Waals surface area contributed by atoms with Gasteiger partial charge in [0.15, 0.2) is 5.69 Å². The van der Waals surface area contributed by atoms with E-state index in [0.717, 1.165) is 5.56 Å². The Hall–Kier alpha value is -3.74. The second-order valence-corrected chi connectivity index (χ2v) is 6.14. The fourth-order valence-corrected chi connectivity index (χ4v) is 2.63. The fourth-order valence-electron chi connectivity index (χ4n) is 2.63. The van der Waals surface area contributed by atoms with Gasteiger partial charge < -0.3 is 15.4 Å². The van der Waals surface area contributed by atoms with Crippen LogP contribution < -0.4 is 10.6 Å². The molecule has 0 spiro atoms. The molecule has 0 aliphatic heterocycles. The average molecular weight is 376 g/mol. The molecule has 0 saturated carbocycles. The van der Waals surface area contributed by atoms with Crippen molar-refractivity contribution in [2.75, 3.05) is 17.7 Å². The highest BCUT2D eigenvalue weighted by Crippen LogP contribution is 2.17. The van der Waals surface area contributed by atoms with Crippen molar-refractivity contribution in [2.24, 2.45) is 0 Å². The van der Waals surface area contributed by atoms with Crippen LogP contribution in [0.1, 0.15) is 32.0 Å². The summed E-state index contributed by atoms with van der Waals surface area (Å²) < 4.78 is 4.72. The fraction of sp³-hybridized carbons (Fsp3) is 0.143. The van der Waals surface area contributed by atoms with Crippen molar-refractivity contribution in [1.82, 2.24) is 10.2 Å². The van der Waals surface area contributed by atoms with Crippen molar-refractivity contribution in [2.45, 2.75) is 13.5 Å². The number of methoxy groups -OCH3 is 1. The van der Waals surface area contributed by atoms with Gasteiger partial charge in [-0.1, -0.05) is 42.0 Å². The Bertz CT molecular complexity index is 987. The zero-order valence-electron chi connectivity index (χ0n) is 15.6. The lowest BCUT2D eigenvalue weighted by atomic mass is 10.1. The van der Waals surface area contributed by atoms with Gasteiger partial charge in [-0.05, 0) is 36.8 Å². The van der Waals surface area contributed by atoms with Crippen molar-refractivity contribution in [3.05, 3.63) is 83.0 Å². The molecule has 0 bridgehead atoms. The molecule has 0 radical (unpaired) electrons. The van der Waals surface area contributed by atoms with Crippen LogP contribution in [0.3, 0.4) is 0 Å². The summed E-state index contributed by atoms with van der Waals surface area (Å²) in [6.07, 6.45) is 0. The first-order chi connectivity index (χ1) is 13.6. The summed E-state index contributed by atoms with van der Waals surface area (Å²) in [5.41, 5.74) is 3.07. The largest absolute Gasteiger partial charge is 0.465 e. The van der Waals surface area contributed by atoms with Crippen LogP contribution in [0.4, 0.5) is 11.5 Å². The smallest absolute Gasteiger partial charge is 0.339 e. The highest BCUT2D eigenvalue weighted by Gasteiger charge is 2.15. The van der Waals surface area contributed by atoms with E-state index >= 15 is 0 Å². The predicted molar refractivity (Wildman–Crippen MR) is 106 cm³/mol. The first-order valence-electron chi connectivity index (χ1n) is 8.68. The molecule has 0 aliphatic rings. The van der Waals surface area contributed by atoms with Crippen LogP contribution >= 0.6 is 0 Å². The second-order valence-electron chi connectivity index (χ2n) is 6.14. The number of amides is 1. The standard InChI is InChI=1S/C21H20N4O3/c1-14-6-5-7-15(12-14)13-22-19-11-10-18(24-25-19)20(26)23-17-9-4-3-8-16(17)21(27)28-2/h3-12H,13H2,1-2H3,(H,22,25)(H,23,26). The summed E-state index contributed by atoms with van der Waals surface area (Å²) in [5.74, 6) is -0.431. The van der Waals surface area contributed by atoms with Crippen molar-refractivity contribution in [3.8, 4) is 0 Å². The Kier molecular flexibility index (Phi) is 5.96. The molecular weight excluding hydrogens is 356 g/mol. The van der Waals surface area contributed by atoms with Gasteiger partial charge in [0.2, 0.25) is 0 Å². The van der Waals surface area contributed by atoms with Crippen LogP contribution in [0.5, 0.6) is 0 Å². The molecule has 0 saturated heterocycles. The maximum Gasteiger partial charge on any atom is 0.339 e. The molecule has 1 heterocycles. The molecular formula is C21H20N4O3. The van der Waals surface area contributed by atoms with Crippen LogP contribution in [0.2, 0.25) is 0 Å². The maximum atomic E-state index is 12.4. The minimum Gasteiger partial charge on any atom is -0.465 e. The van der Waals surface area contributed by atoms with E-state index in [-0.39, 0.29) is 11.3 Å². The summed E-state index contributed by atoms with van der Waals surface area (Å²) in [6, 6.07) is 18.0. The topological polar surface area (TPSA) is 93.2 Å². The second kappa shape index (κ2) is 8.77. The van der Waals surface area contributed by atoms with E-state index in [9.17, 15) is 9.59 Å². The number of anilines is 2. The van der Waals surface area contributed by atoms with Gasteiger partial charge in [0.25, 0.3) is 5.91 Å². The molecule has 7 nitrogen and oxygen atoms in total. The van der Waals surface area contributed by atoms with E-state index in [4.69, 9.17) is 4.74 Å². The molecule has 1 aromatic heterocycles. The lowest BCUT2D eigenvalue weighted by Crippen LogP contribution is -2.17. The SMILES string of the molecule is COC(=O)c1ccccc1NC(=O)c1ccc(NCc2cccc(C)c2)nn1. The van der Waals surface area contributed by atoms with Gasteiger partial charge in [0, 0.05) is 6.54 Å². The van der Waals surface area contributed by atoms with Gasteiger partial charge in [0.1, 0.15) is 5.82 Å². The molecule has 0 fully saturated rings. The van der Waals surface area contributed by atoms with Crippen LogP contribution in [0.15, 0.2) is 60.7 Å². The van der Waals surface area contributed by atoms with Gasteiger partial charge in [-0.25, -0.2) is 4.79 Å². The van der Waals surface area contributed by atoms with Gasteiger partial charge in [-0.15, -0.1) is 10.2 Å². The lowest BCUT2D eigenvalue weighted by Gasteiger charge is -2.09. The minimum absolute atomic E-state index is 0.140. The molecule has 2 aromatic carbocycles. The Balaban J connectivity index is 1.65. The summed E-state index contributed by atoms with van der Waals surface area (Å²) in [7, 11) is 1.29. The monoisotopic (exact) mass is 376 g/mol. The Morgan fingerprint density at radius 3 is 2.54 bits per heavy atom. The van der Waals surface area contributed by atoms with Crippen molar-refractivity contribution >= 4 is 23.4 Å². The summed E-state index contributed by atoms with van der Waals surface area (Å²) in [4.78, 5) is 24.2. The van der Waals surface area contributed by atoms with E-state index < -0.39 is 11.9 Å². The van der Waals surface area contributed by atoms with E-state index in [1.54, 1.807) is 36.4 Å². The molecule has 0 aliphatic carbocycles. The van der Waals surface area contributed by atoms with Crippen LogP contribution in [0.25, 0.3) is 0 Å². The third kappa shape index (κ3) is 4.70. The zero-order valence-corrected chi connectivity index (χ0v) is 15.6. The van der Waals surface area contributed by atoms with Gasteiger partial charge in [-0.2, -0.15) is 0 Å². The number of rotatable bonds is 6. The van der Waals surface area contributed by atoms with Crippen LogP contribution in [-0.2, 0) is 11.3 Å². The highest BCUT2D eigenvalue weighted by molar-refractivity contribution is 6.07. The summed E-state index contributed by atoms with van der Waals surface area (Å²) in [5, 5.41) is 13.8. The van der Waals surface area contributed by atoms with Crippen LogP contribution in [0, 0.1) is 6.92 Å². The summed E-state index contributed by atoms with van der Waals surface area (Å²) in [6.45, 7) is 2.64. The van der Waals surface area contributed by atoms with Gasteiger partial charge >= 0.3 is 5.97 Å². The molecule has 1 amide bonds. The van der Waals surface area contributed by atoms with E-state index in [2.05, 4.69) is 26.9 Å². The number of nitrogens with one attached hydrogen (secondary N) is 2. The lowest BCUT2D eigenvalue weighted by molar-refractivity contribution is 0.0602. The van der Waals surface area contributed by atoms with Crippen LogP contribution in [-0.4, -0.2) is 29.2 Å². The van der Waals surface area contributed by atoms with Gasteiger partial charge in [-0.3, -0.25) is 4.79 Å². The molecule has 28 heavy (non-hydrogen) atoms. The quantitative estimate of drug-likeness (QED) is 0.640. The van der Waals surface area contributed by atoms with Crippen molar-refractivity contribution < 1.29 is 14.3 Å². The Morgan fingerprint density at radius 2 is 1.82 bits per heavy atom. The third-order valence-electron chi connectivity index (χ3n) is 4.03. The molecule has 2 N–H and O–H groups in total. The number of benzene rings is 2. The molecule has 3 aromatic rings. The van der Waals surface area contributed by atoms with Crippen molar-refractivity contribution in [3.63, 3.8) is 0 Å². The van der Waals surface area contributed by atoms with E-state index in [1.165, 1.54) is 12.7 Å². The third-order valence-corrected chi connectivity index (χ3v) is 4.03. The zero-order chi connectivity index (χ0) is 19.9. The number of esters is 1. The maximum absolute atomic E-state index is 12.4. The molecule has 142 valence electrons. The number of nitrogens with zero attached hydrogens (tertiary/aromatic N) is 2. The Morgan fingerprint density at radius 1 is 1.00 bits per heavy atom. The van der Waals surface area contributed by atoms with E-state index in [1.807, 2.05) is 25.1 Å². The predicted octanol–water partition coefficient (Wildman–Crippen LogP) is 3.44. The number of hydrogen-bond donors (Lipinski definition) is 2. The number of carbonyl (C=O) groups excluding carboxylic acids is 2. The molecule has 7 heteroatoms. The number of hydrogen-bond acceptors (Lipinski definition) is 6. The first-order valence-corrected chi connectivity index (χ1v) is 8.68. The number of ether oxygens (including phenoxy) is 1. The Labute approximate surface area is 162 Å². The molecule has 0 unspecified atom stereocenters. The van der Waals surface area contributed by atoms with E-state index in [0.29, 0.717) is 18.1 Å². The summed E-state index contributed by atoms with van der Waals surface area (Å²) >= 11 is 0. The number of para-hydroxylation sites is 1. The van der Waals surface area contributed by atoms with Gasteiger partial charge in [0.05, 0.1) is 18.4 Å². The molecule has 0 atom stereocenters. The molecule has 3 rings (SSSR count). The number of aryl methyl sites for hydroxylation is 1. The average Bonchev–Trinajstić information content (AvgIpc) is 2.72.